The van der Waals surface area contributed by atoms with Gasteiger partial charge in [0.25, 0.3) is 0 Å². The number of hydrogen-bond donors (Lipinski definition) is 2. The third kappa shape index (κ3) is 3.06. The molecule has 104 valence electrons. The summed E-state index contributed by atoms with van der Waals surface area (Å²) in [5.41, 5.74) is 8.99. The van der Waals surface area contributed by atoms with E-state index >= 15 is 0 Å². The monoisotopic (exact) mass is 271 g/mol. The van der Waals surface area contributed by atoms with Crippen LogP contribution in [0.5, 0.6) is 5.75 Å². The maximum absolute atomic E-state index is 8.76. The molecule has 5 nitrogen and oxygen atoms in total. The SMILES string of the molecule is Cc1ccc(C)c(OCc2cccnc2C(N)=NO)c1. The van der Waals surface area contributed by atoms with Gasteiger partial charge in [0.05, 0.1) is 0 Å². The molecule has 0 unspecified atom stereocenters. The minimum absolute atomic E-state index is 0.0230. The van der Waals surface area contributed by atoms with Gasteiger partial charge in [-0.05, 0) is 37.1 Å². The summed E-state index contributed by atoms with van der Waals surface area (Å²) < 4.78 is 5.81. The highest BCUT2D eigenvalue weighted by molar-refractivity contribution is 5.96. The normalized spacial score (nSPS) is 11.4. The zero-order chi connectivity index (χ0) is 14.5. The van der Waals surface area contributed by atoms with E-state index in [1.165, 1.54) is 0 Å². The van der Waals surface area contributed by atoms with Crippen molar-refractivity contribution in [1.29, 1.82) is 0 Å². The molecular formula is C15H17N3O2. The molecule has 0 bridgehead atoms. The van der Waals surface area contributed by atoms with Crippen LogP contribution in [-0.4, -0.2) is 16.0 Å². The molecule has 1 aromatic carbocycles. The molecule has 0 saturated carbocycles. The standard InChI is InChI=1S/C15H17N3O2/c1-10-5-6-11(2)13(8-10)20-9-12-4-3-7-17-14(12)15(16)18-19/h3-8,19H,9H2,1-2H3,(H2,16,18). The van der Waals surface area contributed by atoms with Crippen LogP contribution in [0.15, 0.2) is 41.7 Å². The van der Waals surface area contributed by atoms with E-state index in [1.807, 2.05) is 38.1 Å². The lowest BCUT2D eigenvalue weighted by Gasteiger charge is -2.11. The van der Waals surface area contributed by atoms with E-state index in [2.05, 4.69) is 10.1 Å². The Balaban J connectivity index is 2.21. The second-order valence-electron chi connectivity index (χ2n) is 4.55. The van der Waals surface area contributed by atoms with E-state index in [9.17, 15) is 0 Å². The highest BCUT2D eigenvalue weighted by Crippen LogP contribution is 2.20. The Hall–Kier alpha value is -2.56. The third-order valence-corrected chi connectivity index (χ3v) is 2.97. The van der Waals surface area contributed by atoms with Gasteiger partial charge < -0.3 is 15.7 Å². The van der Waals surface area contributed by atoms with Crippen LogP contribution in [0.3, 0.4) is 0 Å². The Bertz CT molecular complexity index is 639. The average Bonchev–Trinajstić information content (AvgIpc) is 2.47. The van der Waals surface area contributed by atoms with E-state index in [0.29, 0.717) is 12.3 Å². The molecule has 3 N–H and O–H groups in total. The highest BCUT2D eigenvalue weighted by Gasteiger charge is 2.09. The Morgan fingerprint density at radius 1 is 1.35 bits per heavy atom. The zero-order valence-electron chi connectivity index (χ0n) is 11.5. The number of nitrogens with zero attached hydrogens (tertiary/aromatic N) is 2. The van der Waals surface area contributed by atoms with Gasteiger partial charge in [-0.2, -0.15) is 0 Å². The number of benzene rings is 1. The number of aryl methyl sites for hydroxylation is 2. The topological polar surface area (TPSA) is 80.7 Å². The van der Waals surface area contributed by atoms with Crippen LogP contribution in [0.1, 0.15) is 22.4 Å². The molecule has 1 heterocycles. The van der Waals surface area contributed by atoms with Gasteiger partial charge in [-0.1, -0.05) is 23.4 Å². The summed E-state index contributed by atoms with van der Waals surface area (Å²) in [5, 5.41) is 11.7. The molecule has 0 aliphatic heterocycles. The molecule has 0 fully saturated rings. The van der Waals surface area contributed by atoms with Gasteiger partial charge in [0.2, 0.25) is 0 Å². The first kappa shape index (κ1) is 13.9. The van der Waals surface area contributed by atoms with E-state index in [0.717, 1.165) is 22.4 Å². The van der Waals surface area contributed by atoms with Gasteiger partial charge in [-0.15, -0.1) is 0 Å². The summed E-state index contributed by atoms with van der Waals surface area (Å²) in [6.07, 6.45) is 1.59. The van der Waals surface area contributed by atoms with Crippen LogP contribution >= 0.6 is 0 Å². The van der Waals surface area contributed by atoms with E-state index in [4.69, 9.17) is 15.7 Å². The number of rotatable bonds is 4. The van der Waals surface area contributed by atoms with Crippen LogP contribution in [0.25, 0.3) is 0 Å². The second kappa shape index (κ2) is 6.06. The van der Waals surface area contributed by atoms with Crippen molar-refractivity contribution in [2.45, 2.75) is 20.5 Å². The van der Waals surface area contributed by atoms with E-state index in [-0.39, 0.29) is 5.84 Å². The van der Waals surface area contributed by atoms with Crippen molar-refractivity contribution in [3.63, 3.8) is 0 Å². The van der Waals surface area contributed by atoms with Crippen LogP contribution in [0, 0.1) is 13.8 Å². The zero-order valence-corrected chi connectivity index (χ0v) is 11.5. The van der Waals surface area contributed by atoms with E-state index in [1.54, 1.807) is 12.3 Å². The average molecular weight is 271 g/mol. The lowest BCUT2D eigenvalue weighted by molar-refractivity contribution is 0.302. The lowest BCUT2D eigenvalue weighted by atomic mass is 10.1. The predicted molar refractivity (Wildman–Crippen MR) is 77.0 cm³/mol. The molecule has 0 aliphatic rings. The molecule has 20 heavy (non-hydrogen) atoms. The van der Waals surface area contributed by atoms with Gasteiger partial charge >= 0.3 is 0 Å². The Labute approximate surface area is 117 Å². The van der Waals surface area contributed by atoms with Gasteiger partial charge in [0.15, 0.2) is 5.84 Å². The number of hydrogen-bond acceptors (Lipinski definition) is 4. The maximum atomic E-state index is 8.76. The third-order valence-electron chi connectivity index (χ3n) is 2.97. The molecule has 0 radical (unpaired) electrons. The summed E-state index contributed by atoms with van der Waals surface area (Å²) in [6, 6.07) is 9.66. The molecule has 1 aromatic heterocycles. The van der Waals surface area contributed by atoms with Crippen molar-refractivity contribution in [3.05, 3.63) is 58.9 Å². The summed E-state index contributed by atoms with van der Waals surface area (Å²) in [7, 11) is 0. The first-order valence-corrected chi connectivity index (χ1v) is 6.23. The Kier molecular flexibility index (Phi) is 4.20. The summed E-state index contributed by atoms with van der Waals surface area (Å²) in [4.78, 5) is 4.11. The Morgan fingerprint density at radius 2 is 2.15 bits per heavy atom. The van der Waals surface area contributed by atoms with E-state index < -0.39 is 0 Å². The molecule has 2 aromatic rings. The van der Waals surface area contributed by atoms with Gasteiger partial charge in [-0.3, -0.25) is 4.98 Å². The van der Waals surface area contributed by atoms with Crippen LogP contribution in [0.4, 0.5) is 0 Å². The fraction of sp³-hybridized carbons (Fsp3) is 0.200. The first-order chi connectivity index (χ1) is 9.61. The fourth-order valence-electron chi connectivity index (χ4n) is 1.85. The number of nitrogens with two attached hydrogens (primary N) is 1. The quantitative estimate of drug-likeness (QED) is 0.387. The maximum Gasteiger partial charge on any atom is 0.189 e. The first-order valence-electron chi connectivity index (χ1n) is 6.23. The number of aromatic nitrogens is 1. The van der Waals surface area contributed by atoms with Crippen molar-refractivity contribution < 1.29 is 9.94 Å². The lowest BCUT2D eigenvalue weighted by Crippen LogP contribution is -2.18. The fourth-order valence-corrected chi connectivity index (χ4v) is 1.85. The number of amidine groups is 1. The summed E-state index contributed by atoms with van der Waals surface area (Å²) in [6.45, 7) is 4.31. The van der Waals surface area contributed by atoms with Crippen molar-refractivity contribution in [1.82, 2.24) is 4.98 Å². The van der Waals surface area contributed by atoms with Crippen molar-refractivity contribution in [2.24, 2.45) is 10.9 Å². The van der Waals surface area contributed by atoms with Crippen LogP contribution < -0.4 is 10.5 Å². The minimum Gasteiger partial charge on any atom is -0.489 e. The van der Waals surface area contributed by atoms with Gasteiger partial charge in [0.1, 0.15) is 18.1 Å². The molecule has 0 atom stereocenters. The highest BCUT2D eigenvalue weighted by atomic mass is 16.5. The number of ether oxygens (including phenoxy) is 1. The van der Waals surface area contributed by atoms with Crippen molar-refractivity contribution in [2.75, 3.05) is 0 Å². The molecule has 0 spiro atoms. The van der Waals surface area contributed by atoms with Crippen molar-refractivity contribution >= 4 is 5.84 Å². The second-order valence-corrected chi connectivity index (χ2v) is 4.55. The summed E-state index contributed by atoms with van der Waals surface area (Å²) >= 11 is 0. The molecule has 5 heteroatoms. The minimum atomic E-state index is -0.0230. The Morgan fingerprint density at radius 3 is 2.90 bits per heavy atom. The predicted octanol–water partition coefficient (Wildman–Crippen LogP) is 2.37. The molecule has 2 rings (SSSR count). The van der Waals surface area contributed by atoms with Gasteiger partial charge in [-0.25, -0.2) is 0 Å². The smallest absolute Gasteiger partial charge is 0.189 e. The molecular weight excluding hydrogens is 254 g/mol. The molecule has 0 aliphatic carbocycles. The number of oxime groups is 1. The van der Waals surface area contributed by atoms with Gasteiger partial charge in [0, 0.05) is 11.8 Å². The van der Waals surface area contributed by atoms with Crippen molar-refractivity contribution in [3.8, 4) is 5.75 Å². The molecule has 0 saturated heterocycles. The van der Waals surface area contributed by atoms with Crippen LogP contribution in [-0.2, 0) is 6.61 Å². The largest absolute Gasteiger partial charge is 0.489 e. The number of pyridine rings is 1. The van der Waals surface area contributed by atoms with Crippen LogP contribution in [0.2, 0.25) is 0 Å². The molecule has 0 amide bonds. The summed E-state index contributed by atoms with van der Waals surface area (Å²) in [5.74, 6) is 0.796.